The quantitative estimate of drug-likeness (QED) is 0.149. The van der Waals surface area contributed by atoms with Gasteiger partial charge < -0.3 is 34.9 Å². The normalized spacial score (nSPS) is 20.8. The lowest BCUT2D eigenvalue weighted by Crippen LogP contribution is -2.62. The minimum atomic E-state index is -1.15. The van der Waals surface area contributed by atoms with Crippen LogP contribution < -0.4 is 16.5 Å². The fourth-order valence-electron chi connectivity index (χ4n) is 9.63. The molecule has 4 amide bonds. The van der Waals surface area contributed by atoms with Crippen LogP contribution in [0.25, 0.3) is 33.4 Å². The molecule has 5 atom stereocenters. The molecule has 1 unspecified atom stereocenters. The van der Waals surface area contributed by atoms with Crippen molar-refractivity contribution in [3.63, 3.8) is 0 Å². The second kappa shape index (κ2) is 20.0. The van der Waals surface area contributed by atoms with Crippen LogP contribution in [0.2, 0.25) is 0 Å². The molecule has 16 nitrogen and oxygen atoms in total. The molecule has 4 N–H and O–H groups in total. The number of carbonyl (C=O) groups excluding carboxylic acids is 5. The summed E-state index contributed by atoms with van der Waals surface area (Å²) in [6, 6.07) is 7.30. The number of nitrogens with one attached hydrogen (secondary N) is 2. The van der Waals surface area contributed by atoms with Crippen molar-refractivity contribution < 1.29 is 33.4 Å². The molecule has 4 aromatic rings. The van der Waals surface area contributed by atoms with Crippen molar-refractivity contribution in [2.24, 2.45) is 17.3 Å². The molecule has 0 spiro atoms. The van der Waals surface area contributed by atoms with Crippen LogP contribution in [0.15, 0.2) is 36.5 Å². The Kier molecular flexibility index (Phi) is 14.5. The number of ether oxygens (including phenoxy) is 2. The number of nitrogen functional groups attached to an aromatic ring is 1. The van der Waals surface area contributed by atoms with E-state index in [1.54, 1.807) is 32.2 Å². The number of hydrogen-bond donors (Lipinski definition) is 3. The van der Waals surface area contributed by atoms with Crippen LogP contribution >= 0.6 is 11.3 Å². The summed E-state index contributed by atoms with van der Waals surface area (Å²) in [6.45, 7) is 15.2. The number of pyridine rings is 1. The summed E-state index contributed by atoms with van der Waals surface area (Å²) in [7, 11) is 3.26. The molecule has 17 heteroatoms. The molecule has 352 valence electrons. The highest BCUT2D eigenvalue weighted by Gasteiger charge is 2.40. The van der Waals surface area contributed by atoms with Crippen molar-refractivity contribution in [1.82, 2.24) is 40.1 Å². The van der Waals surface area contributed by atoms with Crippen LogP contribution in [-0.2, 0) is 52.8 Å². The zero-order chi connectivity index (χ0) is 47.6. The molecule has 2 saturated heterocycles. The van der Waals surface area contributed by atoms with Crippen molar-refractivity contribution in [2.75, 3.05) is 46.1 Å². The van der Waals surface area contributed by atoms with Gasteiger partial charge in [0.2, 0.25) is 11.8 Å². The second-order valence-corrected chi connectivity index (χ2v) is 19.8. The number of aryl methyl sites for hydroxylation is 1. The van der Waals surface area contributed by atoms with E-state index in [0.29, 0.717) is 54.5 Å². The molecule has 3 aliphatic rings. The van der Waals surface area contributed by atoms with Gasteiger partial charge >= 0.3 is 5.97 Å². The van der Waals surface area contributed by atoms with Gasteiger partial charge in [-0.2, -0.15) is 0 Å². The van der Waals surface area contributed by atoms with E-state index >= 15 is 0 Å². The number of nitrogens with zero attached hydrogens (tertiary/aromatic N) is 6. The molecule has 3 aromatic heterocycles. The molecule has 0 saturated carbocycles. The zero-order valence-electron chi connectivity index (χ0n) is 39.5. The van der Waals surface area contributed by atoms with Crippen LogP contribution in [0.4, 0.5) is 5.00 Å². The number of likely N-dealkylation sites (tertiary alicyclic amines) is 1. The number of benzene rings is 1. The van der Waals surface area contributed by atoms with Crippen LogP contribution in [0.5, 0.6) is 0 Å². The SMILES string of the molecule is CC#CC(=O)N1CCC(C(=O)N(C)[C@H](C(=O)N[C@H]2Cc3nc(c(N)s3)-c3ccc4c(c3)c(c(-c3cccnc3[C@H](C)OC)n4CC)CC(C)(C)COC(=O)[C@@H]3CCCN(N3)C2=O)C(C)C)C1. The smallest absolute Gasteiger partial charge is 0.324 e. The molecule has 7 rings (SSSR count). The highest BCUT2D eigenvalue weighted by atomic mass is 32.1. The summed E-state index contributed by atoms with van der Waals surface area (Å²) in [5, 5.41) is 6.36. The topological polar surface area (TPSA) is 194 Å². The Hall–Kier alpha value is -5.83. The maximum Gasteiger partial charge on any atom is 0.324 e. The highest BCUT2D eigenvalue weighted by molar-refractivity contribution is 7.16. The minimum Gasteiger partial charge on any atom is -0.464 e. The van der Waals surface area contributed by atoms with E-state index in [9.17, 15) is 24.0 Å². The summed E-state index contributed by atoms with van der Waals surface area (Å²) in [5.74, 6) is 2.25. The number of carbonyl (C=O) groups is 5. The first kappa shape index (κ1) is 48.1. The first-order valence-corrected chi connectivity index (χ1v) is 23.7. The molecular weight excluding hydrogens is 859 g/mol. The van der Waals surface area contributed by atoms with Crippen LogP contribution in [0, 0.1) is 29.1 Å². The number of amides is 4. The van der Waals surface area contributed by atoms with Crippen LogP contribution in [0.3, 0.4) is 0 Å². The van der Waals surface area contributed by atoms with Crippen molar-refractivity contribution in [3.05, 3.63) is 52.8 Å². The molecule has 1 aromatic carbocycles. The maximum atomic E-state index is 14.7. The Morgan fingerprint density at radius 1 is 1.15 bits per heavy atom. The van der Waals surface area contributed by atoms with Crippen LogP contribution in [0.1, 0.15) is 90.1 Å². The number of anilines is 1. The number of hydrogen-bond acceptors (Lipinski definition) is 12. The first-order valence-electron chi connectivity index (χ1n) is 22.9. The van der Waals surface area contributed by atoms with E-state index in [2.05, 4.69) is 66.1 Å². The van der Waals surface area contributed by atoms with Gasteiger partial charge in [-0.15, -0.1) is 11.3 Å². The number of cyclic esters (lactones) is 1. The summed E-state index contributed by atoms with van der Waals surface area (Å²) in [4.78, 5) is 82.3. The van der Waals surface area contributed by atoms with Gasteiger partial charge in [-0.3, -0.25) is 34.0 Å². The average molecular weight is 922 g/mol. The molecule has 3 aliphatic heterocycles. The number of esters is 1. The lowest BCUT2D eigenvalue weighted by atomic mass is 9.84. The van der Waals surface area contributed by atoms with E-state index in [-0.39, 0.29) is 50.0 Å². The third-order valence-electron chi connectivity index (χ3n) is 13.0. The number of likely N-dealkylation sites (N-methyl/N-ethyl adjacent to an activating group) is 1. The average Bonchev–Trinajstić information content (AvgIpc) is 4.02. The highest BCUT2D eigenvalue weighted by Crippen LogP contribution is 2.43. The van der Waals surface area contributed by atoms with Gasteiger partial charge in [0.15, 0.2) is 0 Å². The fraction of sp³-hybridized carbons (Fsp3) is 0.531. The lowest BCUT2D eigenvalue weighted by Gasteiger charge is -2.36. The Labute approximate surface area is 390 Å². The van der Waals surface area contributed by atoms with Crippen molar-refractivity contribution >= 4 is 56.8 Å². The predicted octanol–water partition coefficient (Wildman–Crippen LogP) is 5.14. The maximum absolute atomic E-state index is 14.7. The molecule has 2 fully saturated rings. The van der Waals surface area contributed by atoms with Crippen molar-refractivity contribution in [2.45, 2.75) is 111 Å². The van der Waals surface area contributed by atoms with E-state index in [1.165, 1.54) is 21.2 Å². The van der Waals surface area contributed by atoms with Gasteiger partial charge in [0.05, 0.1) is 35.0 Å². The van der Waals surface area contributed by atoms with Gasteiger partial charge in [0, 0.05) is 80.4 Å². The standard InChI is InChI=1S/C49H63N9O7S/c1-10-14-39(59)56-22-19-31(26-56)46(61)55(8)42(28(3)4)45(60)52-36-24-38-53-41(44(50)66-38)30-17-18-37-33(23-30)34(43(57(37)11-2)32-15-12-20-51-40(32)29(5)64-9)25-49(6,7)27-65-48(63)35-16-13-21-58(54-35)47(36)62/h12,15,17-18,20,23,28-29,31,35-36,42,54H,11,13,16,19,21-22,24-27,50H2,1-9H3,(H,52,60)/t29-,31?,35-,36-,42-/m0/s1. The number of fused-ring (bicyclic) bond motifs is 6. The Morgan fingerprint density at radius 3 is 2.64 bits per heavy atom. The number of methoxy groups -OCH3 is 1. The van der Waals surface area contributed by atoms with E-state index in [0.717, 1.165) is 39.0 Å². The van der Waals surface area contributed by atoms with E-state index in [1.807, 2.05) is 32.9 Å². The Morgan fingerprint density at radius 2 is 1.92 bits per heavy atom. The lowest BCUT2D eigenvalue weighted by molar-refractivity contribution is -0.155. The summed E-state index contributed by atoms with van der Waals surface area (Å²) < 4.78 is 14.2. The second-order valence-electron chi connectivity index (χ2n) is 18.7. The number of hydrazine groups is 1. The Bertz CT molecular complexity index is 2570. The monoisotopic (exact) mass is 921 g/mol. The predicted molar refractivity (Wildman–Crippen MR) is 253 cm³/mol. The van der Waals surface area contributed by atoms with Gasteiger partial charge in [-0.1, -0.05) is 39.7 Å². The van der Waals surface area contributed by atoms with Crippen molar-refractivity contribution in [1.29, 1.82) is 0 Å². The van der Waals surface area contributed by atoms with Gasteiger partial charge in [0.1, 0.15) is 28.8 Å². The van der Waals surface area contributed by atoms with Gasteiger partial charge in [-0.05, 0) is 88.1 Å². The Balaban J connectivity index is 1.28. The molecular formula is C49H63N9O7S. The third-order valence-corrected chi connectivity index (χ3v) is 13.9. The molecule has 6 heterocycles. The molecule has 66 heavy (non-hydrogen) atoms. The summed E-state index contributed by atoms with van der Waals surface area (Å²) in [5.41, 5.74) is 15.6. The minimum absolute atomic E-state index is 0.00706. The van der Waals surface area contributed by atoms with E-state index < -0.39 is 47.2 Å². The van der Waals surface area contributed by atoms with Crippen LogP contribution in [-0.4, -0.2) is 117 Å². The van der Waals surface area contributed by atoms with Gasteiger partial charge in [-0.25, -0.2) is 10.4 Å². The number of rotatable bonds is 9. The zero-order valence-corrected chi connectivity index (χ0v) is 40.3. The third kappa shape index (κ3) is 9.82. The number of aromatic nitrogens is 3. The molecule has 0 radical (unpaired) electrons. The summed E-state index contributed by atoms with van der Waals surface area (Å²) >= 11 is 1.25. The fourth-order valence-corrected chi connectivity index (χ4v) is 10.5. The van der Waals surface area contributed by atoms with Gasteiger partial charge in [0.25, 0.3) is 11.8 Å². The van der Waals surface area contributed by atoms with E-state index in [4.69, 9.17) is 25.2 Å². The molecule has 6 bridgehead atoms. The summed E-state index contributed by atoms with van der Waals surface area (Å²) in [6.07, 6.45) is 3.45. The molecule has 0 aliphatic carbocycles. The number of thiazole rings is 1. The van der Waals surface area contributed by atoms with Crippen molar-refractivity contribution in [3.8, 4) is 34.4 Å². The first-order chi connectivity index (χ1) is 31.5. The number of nitrogens with two attached hydrogens (primary N) is 1. The largest absolute Gasteiger partial charge is 0.464 e.